The van der Waals surface area contributed by atoms with Gasteiger partial charge < -0.3 is 14.6 Å². The van der Waals surface area contributed by atoms with Gasteiger partial charge >= 0.3 is 0 Å². The number of rotatable bonds is 11. The van der Waals surface area contributed by atoms with Gasteiger partial charge in [-0.15, -0.1) is 0 Å². The molecule has 4 rings (SSSR count). The normalized spacial score (nSPS) is 14.9. The van der Waals surface area contributed by atoms with Crippen molar-refractivity contribution in [1.82, 2.24) is 14.7 Å². The third-order valence-corrected chi connectivity index (χ3v) is 6.19. The number of halogens is 1. The first-order valence-electron chi connectivity index (χ1n) is 12.3. The van der Waals surface area contributed by atoms with Gasteiger partial charge in [0.15, 0.2) is 0 Å². The van der Waals surface area contributed by atoms with Crippen molar-refractivity contribution in [3.63, 3.8) is 0 Å². The molecule has 35 heavy (non-hydrogen) atoms. The molecule has 1 aromatic heterocycles. The fourth-order valence-corrected chi connectivity index (χ4v) is 4.10. The number of aliphatic hydroxyl groups is 1. The van der Waals surface area contributed by atoms with Crippen molar-refractivity contribution in [2.75, 3.05) is 19.7 Å². The molecule has 1 aliphatic rings. The third-order valence-electron chi connectivity index (χ3n) is 5.94. The summed E-state index contributed by atoms with van der Waals surface area (Å²) < 4.78 is 14.1. The first kappa shape index (κ1) is 25.7. The van der Waals surface area contributed by atoms with Crippen LogP contribution >= 0.6 is 11.6 Å². The van der Waals surface area contributed by atoms with E-state index in [1.165, 1.54) is 12.8 Å². The van der Waals surface area contributed by atoms with E-state index in [0.29, 0.717) is 36.5 Å². The van der Waals surface area contributed by atoms with Gasteiger partial charge in [0.05, 0.1) is 35.3 Å². The minimum absolute atomic E-state index is 0.282. The molecule has 0 saturated heterocycles. The fraction of sp³-hybridized carbons (Fsp3) is 0.464. The van der Waals surface area contributed by atoms with Gasteiger partial charge in [0, 0.05) is 24.7 Å². The maximum atomic E-state index is 10.7. The van der Waals surface area contributed by atoms with Crippen molar-refractivity contribution in [2.45, 2.75) is 58.8 Å². The van der Waals surface area contributed by atoms with Crippen molar-refractivity contribution in [3.05, 3.63) is 70.9 Å². The molecule has 0 aliphatic heterocycles. The lowest BCUT2D eigenvalue weighted by atomic mass is 10.2. The summed E-state index contributed by atoms with van der Waals surface area (Å²) in [6, 6.07) is 17.3. The molecule has 0 bridgehead atoms. The van der Waals surface area contributed by atoms with Crippen molar-refractivity contribution in [2.24, 2.45) is 5.92 Å². The summed E-state index contributed by atoms with van der Waals surface area (Å²) in [6.45, 7) is 10.4. The molecule has 2 aromatic carbocycles. The van der Waals surface area contributed by atoms with Gasteiger partial charge in [0.25, 0.3) is 0 Å². The number of hydrogen-bond donors (Lipinski definition) is 1. The Morgan fingerprint density at radius 2 is 1.80 bits per heavy atom. The number of aryl methyl sites for hydroxylation is 1. The standard InChI is InChI=1S/C28H36ClN3O3/c1-20-26(18-31(16-21-10-11-21)17-24(33)19-34-28(2,3)4)27(35-25-8-6-5-7-9-25)32(30-20)23-14-12-22(29)13-15-23/h5-9,12-15,21,24,33H,10-11,16-19H2,1-4H3. The van der Waals surface area contributed by atoms with E-state index >= 15 is 0 Å². The maximum Gasteiger partial charge on any atom is 0.227 e. The minimum atomic E-state index is -0.571. The Balaban J connectivity index is 1.62. The van der Waals surface area contributed by atoms with Crippen molar-refractivity contribution in [1.29, 1.82) is 0 Å². The van der Waals surface area contributed by atoms with Crippen molar-refractivity contribution in [3.8, 4) is 17.3 Å². The smallest absolute Gasteiger partial charge is 0.227 e. The Labute approximate surface area is 213 Å². The number of benzene rings is 2. The monoisotopic (exact) mass is 497 g/mol. The second kappa shape index (κ2) is 11.1. The minimum Gasteiger partial charge on any atom is -0.439 e. The molecule has 1 aliphatic carbocycles. The van der Waals surface area contributed by atoms with Crippen molar-refractivity contribution < 1.29 is 14.6 Å². The highest BCUT2D eigenvalue weighted by molar-refractivity contribution is 6.30. The average molecular weight is 498 g/mol. The number of aliphatic hydroxyl groups excluding tert-OH is 1. The molecule has 1 atom stereocenters. The molecule has 3 aromatic rings. The van der Waals surface area contributed by atoms with Gasteiger partial charge in [-0.25, -0.2) is 4.68 Å². The van der Waals surface area contributed by atoms with Crippen LogP contribution in [0.4, 0.5) is 0 Å². The molecule has 0 spiro atoms. The molecule has 0 amide bonds. The van der Waals surface area contributed by atoms with Crippen LogP contribution in [0.3, 0.4) is 0 Å². The van der Waals surface area contributed by atoms with Crippen LogP contribution in [0.25, 0.3) is 5.69 Å². The van der Waals surface area contributed by atoms with Crippen LogP contribution < -0.4 is 4.74 Å². The zero-order valence-corrected chi connectivity index (χ0v) is 21.8. The van der Waals surface area contributed by atoms with E-state index in [9.17, 15) is 5.11 Å². The van der Waals surface area contributed by atoms with E-state index in [2.05, 4.69) is 4.90 Å². The largest absolute Gasteiger partial charge is 0.439 e. The molecule has 1 N–H and O–H groups in total. The van der Waals surface area contributed by atoms with Gasteiger partial charge in [-0.2, -0.15) is 5.10 Å². The van der Waals surface area contributed by atoms with Crippen LogP contribution in [-0.2, 0) is 11.3 Å². The summed E-state index contributed by atoms with van der Waals surface area (Å²) >= 11 is 6.13. The van der Waals surface area contributed by atoms with Crippen LogP contribution in [-0.4, -0.2) is 51.2 Å². The van der Waals surface area contributed by atoms with Crippen LogP contribution in [0.2, 0.25) is 5.02 Å². The van der Waals surface area contributed by atoms with Gasteiger partial charge in [0.1, 0.15) is 5.75 Å². The molecular formula is C28H36ClN3O3. The Bertz CT molecular complexity index is 1090. The lowest BCUT2D eigenvalue weighted by Gasteiger charge is -2.27. The Morgan fingerprint density at radius 3 is 2.43 bits per heavy atom. The summed E-state index contributed by atoms with van der Waals surface area (Å²) in [7, 11) is 0. The lowest BCUT2D eigenvalue weighted by molar-refractivity contribution is -0.0569. The Morgan fingerprint density at radius 1 is 1.11 bits per heavy atom. The third kappa shape index (κ3) is 7.55. The fourth-order valence-electron chi connectivity index (χ4n) is 3.97. The van der Waals surface area contributed by atoms with Crippen LogP contribution in [0, 0.1) is 12.8 Å². The molecule has 188 valence electrons. The second-order valence-electron chi connectivity index (χ2n) is 10.4. The van der Waals surface area contributed by atoms with Gasteiger partial charge in [-0.3, -0.25) is 4.90 Å². The Kier molecular flexibility index (Phi) is 8.17. The summed E-state index contributed by atoms with van der Waals surface area (Å²) in [6.07, 6.45) is 1.90. The summed E-state index contributed by atoms with van der Waals surface area (Å²) in [4.78, 5) is 2.31. The SMILES string of the molecule is Cc1nn(-c2ccc(Cl)cc2)c(Oc2ccccc2)c1CN(CC(O)COC(C)(C)C)CC1CC1. The number of nitrogens with zero attached hydrogens (tertiary/aromatic N) is 3. The zero-order valence-electron chi connectivity index (χ0n) is 21.1. The highest BCUT2D eigenvalue weighted by atomic mass is 35.5. The average Bonchev–Trinajstić information content (AvgIpc) is 3.58. The molecule has 7 heteroatoms. The van der Waals surface area contributed by atoms with Gasteiger partial charge in [-0.05, 0) is 82.9 Å². The van der Waals surface area contributed by atoms with E-state index in [1.807, 2.05) is 87.0 Å². The molecule has 1 unspecified atom stereocenters. The summed E-state index contributed by atoms with van der Waals surface area (Å²) in [5.74, 6) is 2.10. The number of aromatic nitrogens is 2. The van der Waals surface area contributed by atoms with E-state index < -0.39 is 6.10 Å². The topological polar surface area (TPSA) is 59.8 Å². The molecule has 1 fully saturated rings. The van der Waals surface area contributed by atoms with Crippen molar-refractivity contribution >= 4 is 11.6 Å². The maximum absolute atomic E-state index is 10.7. The number of para-hydroxylation sites is 1. The first-order valence-corrected chi connectivity index (χ1v) is 12.7. The van der Waals surface area contributed by atoms with Gasteiger partial charge in [-0.1, -0.05) is 29.8 Å². The molecular weight excluding hydrogens is 462 g/mol. The second-order valence-corrected chi connectivity index (χ2v) is 10.8. The predicted octanol–water partition coefficient (Wildman–Crippen LogP) is 6.01. The van der Waals surface area contributed by atoms with Crippen LogP contribution in [0.1, 0.15) is 44.9 Å². The van der Waals surface area contributed by atoms with E-state index in [4.69, 9.17) is 26.2 Å². The predicted molar refractivity (Wildman–Crippen MR) is 140 cm³/mol. The van der Waals surface area contributed by atoms with Crippen LogP contribution in [0.5, 0.6) is 11.6 Å². The quantitative estimate of drug-likeness (QED) is 0.351. The molecule has 1 saturated carbocycles. The molecule has 1 heterocycles. The Hall–Kier alpha value is -2.38. The van der Waals surface area contributed by atoms with Gasteiger partial charge in [0.2, 0.25) is 5.88 Å². The van der Waals surface area contributed by atoms with E-state index in [-0.39, 0.29) is 5.60 Å². The zero-order chi connectivity index (χ0) is 25.0. The summed E-state index contributed by atoms with van der Waals surface area (Å²) in [5, 5.41) is 16.3. The highest BCUT2D eigenvalue weighted by Gasteiger charge is 2.28. The van der Waals surface area contributed by atoms with E-state index in [0.717, 1.165) is 29.2 Å². The summed E-state index contributed by atoms with van der Waals surface area (Å²) in [5.41, 5.74) is 2.50. The molecule has 6 nitrogen and oxygen atoms in total. The van der Waals surface area contributed by atoms with Crippen LogP contribution in [0.15, 0.2) is 54.6 Å². The number of hydrogen-bond acceptors (Lipinski definition) is 5. The van der Waals surface area contributed by atoms with E-state index in [1.54, 1.807) is 0 Å². The number of ether oxygens (including phenoxy) is 2. The first-order chi connectivity index (χ1) is 16.7. The lowest BCUT2D eigenvalue weighted by Crippen LogP contribution is -2.37. The molecule has 0 radical (unpaired) electrons. The highest BCUT2D eigenvalue weighted by Crippen LogP contribution is 2.34.